The maximum absolute atomic E-state index is 13.8. The van der Waals surface area contributed by atoms with Gasteiger partial charge in [0.25, 0.3) is 5.91 Å². The summed E-state index contributed by atoms with van der Waals surface area (Å²) in [6.45, 7) is 1.49. The Bertz CT molecular complexity index is 704. The Labute approximate surface area is 126 Å². The Hall–Kier alpha value is -2.63. The highest BCUT2D eigenvalue weighted by Crippen LogP contribution is 2.38. The quantitative estimate of drug-likeness (QED) is 0.924. The minimum atomic E-state index is -0.884. The van der Waals surface area contributed by atoms with Gasteiger partial charge in [0, 0.05) is 17.2 Å². The number of benzene rings is 2. The second-order valence-corrected chi connectivity index (χ2v) is 4.63. The number of ether oxygens (including phenoxy) is 2. The lowest BCUT2D eigenvalue weighted by Crippen LogP contribution is -2.30. The first-order valence-electron chi connectivity index (χ1n) is 6.52. The van der Waals surface area contributed by atoms with Crippen LogP contribution in [0.5, 0.6) is 11.5 Å². The summed E-state index contributed by atoms with van der Waals surface area (Å²) in [5.41, 5.74) is 5.75. The van der Waals surface area contributed by atoms with Gasteiger partial charge in [0.05, 0.1) is 7.11 Å². The van der Waals surface area contributed by atoms with Gasteiger partial charge in [0.15, 0.2) is 17.7 Å². The van der Waals surface area contributed by atoms with Crippen LogP contribution in [0.1, 0.15) is 6.92 Å². The van der Waals surface area contributed by atoms with E-state index in [2.05, 4.69) is 0 Å². The van der Waals surface area contributed by atoms with Crippen LogP contribution in [0.4, 0.5) is 8.78 Å². The molecule has 0 spiro atoms. The van der Waals surface area contributed by atoms with Crippen molar-refractivity contribution in [1.29, 1.82) is 0 Å². The highest BCUT2D eigenvalue weighted by Gasteiger charge is 2.19. The predicted octanol–water partition coefficient (Wildman–Crippen LogP) is 2.89. The summed E-state index contributed by atoms with van der Waals surface area (Å²) in [4.78, 5) is 11.1. The SMILES string of the molecule is COc1c(F)cc(F)cc1-c1ccccc1OC(C)C(N)=O. The van der Waals surface area contributed by atoms with Gasteiger partial charge >= 0.3 is 0 Å². The summed E-state index contributed by atoms with van der Waals surface area (Å²) >= 11 is 0. The van der Waals surface area contributed by atoms with Gasteiger partial charge in [0.1, 0.15) is 11.6 Å². The summed E-state index contributed by atoms with van der Waals surface area (Å²) in [6.07, 6.45) is -0.884. The predicted molar refractivity (Wildman–Crippen MR) is 77.6 cm³/mol. The molecule has 0 fully saturated rings. The van der Waals surface area contributed by atoms with Gasteiger partial charge in [-0.2, -0.15) is 0 Å². The van der Waals surface area contributed by atoms with E-state index in [1.54, 1.807) is 24.3 Å². The first-order chi connectivity index (χ1) is 10.4. The number of hydrogen-bond acceptors (Lipinski definition) is 3. The van der Waals surface area contributed by atoms with Crippen LogP contribution in [0.15, 0.2) is 36.4 Å². The molecule has 0 saturated heterocycles. The molecule has 0 aliphatic heterocycles. The zero-order valence-electron chi connectivity index (χ0n) is 12.1. The number of primary amides is 1. The molecule has 4 nitrogen and oxygen atoms in total. The molecular weight excluding hydrogens is 292 g/mol. The van der Waals surface area contributed by atoms with E-state index in [0.717, 1.165) is 12.1 Å². The topological polar surface area (TPSA) is 61.6 Å². The van der Waals surface area contributed by atoms with Crippen molar-refractivity contribution in [2.45, 2.75) is 13.0 Å². The molecule has 2 aromatic rings. The van der Waals surface area contributed by atoms with Gasteiger partial charge in [-0.1, -0.05) is 18.2 Å². The first-order valence-corrected chi connectivity index (χ1v) is 6.52. The number of halogens is 2. The molecule has 2 rings (SSSR count). The lowest BCUT2D eigenvalue weighted by atomic mass is 10.0. The molecule has 1 amide bonds. The molecule has 0 aliphatic carbocycles. The van der Waals surface area contributed by atoms with Crippen LogP contribution in [0.25, 0.3) is 11.1 Å². The molecule has 0 saturated carbocycles. The molecule has 0 aromatic heterocycles. The average Bonchev–Trinajstić information content (AvgIpc) is 2.47. The van der Waals surface area contributed by atoms with Gasteiger partial charge < -0.3 is 15.2 Å². The van der Waals surface area contributed by atoms with Crippen molar-refractivity contribution in [3.05, 3.63) is 48.0 Å². The molecule has 0 bridgehead atoms. The zero-order valence-corrected chi connectivity index (χ0v) is 12.1. The van der Waals surface area contributed by atoms with E-state index in [-0.39, 0.29) is 17.1 Å². The summed E-state index contributed by atoms with van der Waals surface area (Å²) in [6, 6.07) is 8.42. The number of nitrogens with two attached hydrogens (primary N) is 1. The van der Waals surface area contributed by atoms with Crippen LogP contribution < -0.4 is 15.2 Å². The number of carbonyl (C=O) groups is 1. The Morgan fingerprint density at radius 2 is 1.86 bits per heavy atom. The van der Waals surface area contributed by atoms with Gasteiger partial charge in [-0.25, -0.2) is 8.78 Å². The first kappa shape index (κ1) is 15.8. The third-order valence-electron chi connectivity index (χ3n) is 3.09. The highest BCUT2D eigenvalue weighted by molar-refractivity contribution is 5.80. The van der Waals surface area contributed by atoms with E-state index in [1.165, 1.54) is 14.0 Å². The van der Waals surface area contributed by atoms with E-state index in [1.807, 2.05) is 0 Å². The molecule has 6 heteroatoms. The second-order valence-electron chi connectivity index (χ2n) is 4.63. The number of methoxy groups -OCH3 is 1. The molecule has 116 valence electrons. The number of amides is 1. The van der Waals surface area contributed by atoms with Crippen molar-refractivity contribution in [2.75, 3.05) is 7.11 Å². The molecule has 0 heterocycles. The van der Waals surface area contributed by atoms with Crippen molar-refractivity contribution < 1.29 is 23.0 Å². The van der Waals surface area contributed by atoms with Gasteiger partial charge in [-0.15, -0.1) is 0 Å². The maximum atomic E-state index is 13.8. The van der Waals surface area contributed by atoms with Crippen molar-refractivity contribution >= 4 is 5.91 Å². The van der Waals surface area contributed by atoms with Crippen LogP contribution in [0.2, 0.25) is 0 Å². The van der Waals surface area contributed by atoms with E-state index < -0.39 is 23.6 Å². The van der Waals surface area contributed by atoms with E-state index in [4.69, 9.17) is 15.2 Å². The number of rotatable bonds is 5. The fourth-order valence-electron chi connectivity index (χ4n) is 2.01. The number of hydrogen-bond donors (Lipinski definition) is 1. The van der Waals surface area contributed by atoms with E-state index in [0.29, 0.717) is 5.56 Å². The third-order valence-corrected chi connectivity index (χ3v) is 3.09. The normalized spacial score (nSPS) is 11.8. The van der Waals surface area contributed by atoms with Crippen LogP contribution >= 0.6 is 0 Å². The fourth-order valence-corrected chi connectivity index (χ4v) is 2.01. The van der Waals surface area contributed by atoms with Crippen LogP contribution in [-0.4, -0.2) is 19.1 Å². The standard InChI is InChI=1S/C16H15F2NO3/c1-9(16(19)20)22-14-6-4-3-5-11(14)12-7-10(17)8-13(18)15(12)21-2/h3-9H,1-2H3,(H2,19,20). The van der Waals surface area contributed by atoms with Crippen molar-refractivity contribution in [3.63, 3.8) is 0 Å². The van der Waals surface area contributed by atoms with Gasteiger partial charge in [-0.05, 0) is 19.1 Å². The number of carbonyl (C=O) groups excluding carboxylic acids is 1. The minimum Gasteiger partial charge on any atom is -0.493 e. The summed E-state index contributed by atoms with van der Waals surface area (Å²) < 4.78 is 37.9. The van der Waals surface area contributed by atoms with Crippen LogP contribution in [0.3, 0.4) is 0 Å². The molecule has 2 aromatic carbocycles. The lowest BCUT2D eigenvalue weighted by molar-refractivity contribution is -0.123. The molecular formula is C16H15F2NO3. The molecule has 1 atom stereocenters. The number of para-hydroxylation sites is 1. The van der Waals surface area contributed by atoms with Gasteiger partial charge in [0.2, 0.25) is 0 Å². The zero-order chi connectivity index (χ0) is 16.3. The fraction of sp³-hybridized carbons (Fsp3) is 0.188. The summed E-state index contributed by atoms with van der Waals surface area (Å²) in [7, 11) is 1.29. The lowest BCUT2D eigenvalue weighted by Gasteiger charge is -2.17. The monoisotopic (exact) mass is 307 g/mol. The van der Waals surface area contributed by atoms with Crippen LogP contribution in [0, 0.1) is 11.6 Å². The minimum absolute atomic E-state index is 0.107. The molecule has 0 aliphatic rings. The second kappa shape index (κ2) is 6.43. The molecule has 0 radical (unpaired) electrons. The Kier molecular flexibility index (Phi) is 4.60. The van der Waals surface area contributed by atoms with E-state index >= 15 is 0 Å². The Balaban J connectivity index is 2.56. The highest BCUT2D eigenvalue weighted by atomic mass is 19.1. The summed E-state index contributed by atoms with van der Waals surface area (Å²) in [5, 5.41) is 0. The van der Waals surface area contributed by atoms with Crippen molar-refractivity contribution in [3.8, 4) is 22.6 Å². The smallest absolute Gasteiger partial charge is 0.258 e. The molecule has 1 unspecified atom stereocenters. The van der Waals surface area contributed by atoms with Crippen LogP contribution in [-0.2, 0) is 4.79 Å². The molecule has 22 heavy (non-hydrogen) atoms. The maximum Gasteiger partial charge on any atom is 0.258 e. The largest absolute Gasteiger partial charge is 0.493 e. The van der Waals surface area contributed by atoms with Crippen molar-refractivity contribution in [1.82, 2.24) is 0 Å². The van der Waals surface area contributed by atoms with Crippen molar-refractivity contribution in [2.24, 2.45) is 5.73 Å². The molecule has 2 N–H and O–H groups in total. The Morgan fingerprint density at radius 3 is 2.50 bits per heavy atom. The summed E-state index contributed by atoms with van der Waals surface area (Å²) in [5.74, 6) is -2.05. The van der Waals surface area contributed by atoms with Gasteiger partial charge in [-0.3, -0.25) is 4.79 Å². The third kappa shape index (κ3) is 3.16. The Morgan fingerprint density at radius 1 is 1.18 bits per heavy atom. The average molecular weight is 307 g/mol. The van der Waals surface area contributed by atoms with E-state index in [9.17, 15) is 13.6 Å².